The van der Waals surface area contributed by atoms with E-state index in [-0.39, 0.29) is 31.1 Å². The number of hydrogen-bond donors (Lipinski definition) is 0. The van der Waals surface area contributed by atoms with Crippen LogP contribution in [0, 0.1) is 0 Å². The molecule has 0 aromatic heterocycles. The van der Waals surface area contributed by atoms with Crippen molar-refractivity contribution < 1.29 is 28.6 Å². The molecule has 0 N–H and O–H groups in total. The van der Waals surface area contributed by atoms with Crippen LogP contribution in [-0.2, 0) is 28.6 Å². The predicted octanol–water partition coefficient (Wildman–Crippen LogP) is 22.2. The van der Waals surface area contributed by atoms with Gasteiger partial charge >= 0.3 is 17.9 Å². The molecule has 1 atom stereocenters. The van der Waals surface area contributed by atoms with E-state index in [1.54, 1.807) is 0 Å². The smallest absolute Gasteiger partial charge is 0.306 e. The third-order valence-corrected chi connectivity index (χ3v) is 13.8. The number of unbranched alkanes of at least 4 members (excludes halogenated alkanes) is 29. The molecule has 6 nitrogen and oxygen atoms in total. The second-order valence-electron chi connectivity index (χ2n) is 21.3. The number of carbonyl (C=O) groups is 3. The van der Waals surface area contributed by atoms with Crippen molar-refractivity contribution in [2.45, 2.75) is 309 Å². The Morgan fingerprint density at radius 1 is 0.273 bits per heavy atom. The number of esters is 3. The maximum absolute atomic E-state index is 12.9. The Kier molecular flexibility index (Phi) is 61.3. The molecule has 0 aromatic carbocycles. The monoisotopic (exact) mass is 1070 g/mol. The number of rotatable bonds is 58. The highest BCUT2D eigenvalue weighted by Crippen LogP contribution is 2.16. The third kappa shape index (κ3) is 62.8. The van der Waals surface area contributed by atoms with Crippen molar-refractivity contribution in [1.82, 2.24) is 0 Å². The van der Waals surface area contributed by atoms with E-state index < -0.39 is 6.10 Å². The molecule has 0 heterocycles. The highest BCUT2D eigenvalue weighted by Gasteiger charge is 2.19. The van der Waals surface area contributed by atoms with Crippen molar-refractivity contribution in [1.29, 1.82) is 0 Å². The molecule has 6 heteroatoms. The Morgan fingerprint density at radius 2 is 0.506 bits per heavy atom. The topological polar surface area (TPSA) is 78.9 Å². The van der Waals surface area contributed by atoms with Crippen molar-refractivity contribution in [3.8, 4) is 0 Å². The lowest BCUT2D eigenvalue weighted by atomic mass is 10.0. The Bertz CT molecular complexity index is 1560. The Hall–Kier alpha value is -3.93. The van der Waals surface area contributed by atoms with Gasteiger partial charge in [0, 0.05) is 19.3 Å². The molecular weight excluding hydrogens is 949 g/mol. The molecule has 0 bridgehead atoms. The number of hydrogen-bond acceptors (Lipinski definition) is 6. The fraction of sp³-hybridized carbons (Fsp3) is 0.704. The van der Waals surface area contributed by atoms with Gasteiger partial charge in [-0.05, 0) is 89.9 Å². The van der Waals surface area contributed by atoms with Crippen LogP contribution < -0.4 is 0 Å². The van der Waals surface area contributed by atoms with E-state index in [2.05, 4.69) is 130 Å². The molecule has 0 aliphatic rings. The first-order chi connectivity index (χ1) is 38.0. The molecule has 0 aromatic rings. The minimum Gasteiger partial charge on any atom is -0.462 e. The van der Waals surface area contributed by atoms with E-state index in [0.717, 1.165) is 135 Å². The van der Waals surface area contributed by atoms with Crippen molar-refractivity contribution in [3.63, 3.8) is 0 Å². The van der Waals surface area contributed by atoms with E-state index in [4.69, 9.17) is 14.2 Å². The van der Waals surface area contributed by atoms with Crippen LogP contribution in [0.2, 0.25) is 0 Å². The lowest BCUT2D eigenvalue weighted by molar-refractivity contribution is -0.167. The maximum atomic E-state index is 12.9. The average Bonchev–Trinajstić information content (AvgIpc) is 3.43. The molecule has 0 radical (unpaired) electrons. The molecule has 0 saturated carbocycles. The molecule has 0 saturated heterocycles. The van der Waals surface area contributed by atoms with Gasteiger partial charge in [0.1, 0.15) is 13.2 Å². The molecule has 0 aliphatic heterocycles. The van der Waals surface area contributed by atoms with Crippen molar-refractivity contribution in [2.75, 3.05) is 13.2 Å². The number of carbonyl (C=O) groups excluding carboxylic acids is 3. The SMILES string of the molecule is CC/C=C\C/C=C\C/C=C\C/C=C\C/C=C\C/C=C\C/C=C\C/C=C\C/C=C\CCCCCCCC(=O)OCC(COC(=O)CCCCCCCCCCCCCCC)OC(=O)CCCCCCCCCCCCCCC. The number of ether oxygens (including phenoxy) is 3. The van der Waals surface area contributed by atoms with E-state index >= 15 is 0 Å². The van der Waals surface area contributed by atoms with E-state index in [1.165, 1.54) is 128 Å². The predicted molar refractivity (Wildman–Crippen MR) is 334 cm³/mol. The minimum atomic E-state index is -0.783. The van der Waals surface area contributed by atoms with Crippen molar-refractivity contribution in [2.24, 2.45) is 0 Å². The van der Waals surface area contributed by atoms with E-state index in [0.29, 0.717) is 19.3 Å². The summed E-state index contributed by atoms with van der Waals surface area (Å²) in [5.41, 5.74) is 0. The zero-order valence-electron chi connectivity index (χ0n) is 50.4. The van der Waals surface area contributed by atoms with Crippen LogP contribution >= 0.6 is 0 Å². The fourth-order valence-corrected chi connectivity index (χ4v) is 8.97. The Morgan fingerprint density at radius 3 is 0.792 bits per heavy atom. The van der Waals surface area contributed by atoms with Crippen LogP contribution in [0.5, 0.6) is 0 Å². The normalized spacial score (nSPS) is 12.8. The highest BCUT2D eigenvalue weighted by molar-refractivity contribution is 5.71. The molecule has 0 amide bonds. The zero-order chi connectivity index (χ0) is 55.7. The molecule has 1 unspecified atom stereocenters. The fourth-order valence-electron chi connectivity index (χ4n) is 8.97. The Balaban J connectivity index is 4.27. The molecule has 0 aliphatic carbocycles. The summed E-state index contributed by atoms with van der Waals surface area (Å²) in [4.78, 5) is 38.2. The van der Waals surface area contributed by atoms with E-state index in [1.807, 2.05) is 0 Å². The second-order valence-corrected chi connectivity index (χ2v) is 21.3. The molecular formula is C71H120O6. The summed E-state index contributed by atoms with van der Waals surface area (Å²) in [5, 5.41) is 0. The minimum absolute atomic E-state index is 0.0801. The van der Waals surface area contributed by atoms with Gasteiger partial charge in [0.05, 0.1) is 0 Å². The van der Waals surface area contributed by atoms with Gasteiger partial charge in [-0.3, -0.25) is 14.4 Å². The van der Waals surface area contributed by atoms with Crippen LogP contribution in [-0.4, -0.2) is 37.2 Å². The van der Waals surface area contributed by atoms with Crippen LogP contribution in [0.4, 0.5) is 0 Å². The molecule has 0 spiro atoms. The first-order valence-corrected chi connectivity index (χ1v) is 32.4. The van der Waals surface area contributed by atoms with Gasteiger partial charge < -0.3 is 14.2 Å². The van der Waals surface area contributed by atoms with Crippen LogP contribution in [0.3, 0.4) is 0 Å². The van der Waals surface area contributed by atoms with Gasteiger partial charge in [-0.15, -0.1) is 0 Å². The summed E-state index contributed by atoms with van der Waals surface area (Å²) >= 11 is 0. The average molecular weight is 1070 g/mol. The lowest BCUT2D eigenvalue weighted by Crippen LogP contribution is -2.30. The first-order valence-electron chi connectivity index (χ1n) is 32.4. The summed E-state index contributed by atoms with van der Waals surface area (Å²) in [6.45, 7) is 6.53. The van der Waals surface area contributed by atoms with Gasteiger partial charge in [-0.25, -0.2) is 0 Å². The third-order valence-electron chi connectivity index (χ3n) is 13.8. The van der Waals surface area contributed by atoms with Crippen molar-refractivity contribution >= 4 is 17.9 Å². The van der Waals surface area contributed by atoms with Gasteiger partial charge in [0.25, 0.3) is 0 Å². The molecule has 0 fully saturated rings. The highest BCUT2D eigenvalue weighted by atomic mass is 16.6. The first kappa shape index (κ1) is 73.1. The lowest BCUT2D eigenvalue weighted by Gasteiger charge is -2.18. The number of allylic oxidation sites excluding steroid dienone is 18. The van der Waals surface area contributed by atoms with E-state index in [9.17, 15) is 14.4 Å². The molecule has 440 valence electrons. The standard InChI is InChI=1S/C71H120O6/c1-4-7-10-13-16-19-22-25-26-27-28-29-30-31-32-33-34-35-36-37-38-39-40-41-42-43-44-47-49-52-55-58-61-64-70(73)76-67-68(77-71(74)65-62-59-56-53-50-46-24-21-18-15-12-9-6-3)66-75-69(72)63-60-57-54-51-48-45-23-20-17-14-11-8-5-2/h7,10,16,19,25-26,28-29,31-32,34-35,37-38,40-41,43-44,68H,4-6,8-9,11-15,17-18,20-24,27,30,33,36,39,42,45-67H2,1-3H3/b10-7-,19-16-,26-25-,29-28-,32-31-,35-34-,38-37-,41-40-,44-43-. The van der Waals surface area contributed by atoms with Crippen LogP contribution in [0.1, 0.15) is 303 Å². The molecule has 0 rings (SSSR count). The molecule has 77 heavy (non-hydrogen) atoms. The second kappa shape index (κ2) is 64.6. The maximum Gasteiger partial charge on any atom is 0.306 e. The summed E-state index contributed by atoms with van der Waals surface area (Å²) in [6.07, 6.45) is 88.1. The summed E-state index contributed by atoms with van der Waals surface area (Å²) in [7, 11) is 0. The quantitative estimate of drug-likeness (QED) is 0.0261. The van der Waals surface area contributed by atoms with Crippen LogP contribution in [0.15, 0.2) is 109 Å². The van der Waals surface area contributed by atoms with Gasteiger partial charge in [-0.2, -0.15) is 0 Å². The van der Waals surface area contributed by atoms with Gasteiger partial charge in [-0.1, -0.05) is 304 Å². The van der Waals surface area contributed by atoms with Gasteiger partial charge in [0.2, 0.25) is 0 Å². The largest absolute Gasteiger partial charge is 0.462 e. The van der Waals surface area contributed by atoms with Gasteiger partial charge in [0.15, 0.2) is 6.10 Å². The van der Waals surface area contributed by atoms with Crippen molar-refractivity contribution in [3.05, 3.63) is 109 Å². The van der Waals surface area contributed by atoms with Crippen LogP contribution in [0.25, 0.3) is 0 Å². The summed E-state index contributed by atoms with van der Waals surface area (Å²) < 4.78 is 16.9. The summed E-state index contributed by atoms with van der Waals surface area (Å²) in [6, 6.07) is 0. The Labute approximate surface area is 476 Å². The summed E-state index contributed by atoms with van der Waals surface area (Å²) in [5.74, 6) is -0.890. The zero-order valence-corrected chi connectivity index (χ0v) is 50.4.